The van der Waals surface area contributed by atoms with Crippen molar-refractivity contribution in [1.29, 1.82) is 0 Å². The van der Waals surface area contributed by atoms with Crippen LogP contribution in [0.25, 0.3) is 22.4 Å². The molecule has 1 saturated heterocycles. The standard InChI is InChI=1S/C52H56FN7O5/c1-33-25-36-11-9-10-12-39(36)31-60(33)52(63)44-27-40-30-59(47(61)28-38-15-16-42(29-46(38)53)65-24-21-58-19-22-64-23-20-58)18-17-37(40)26-43(44)50-49(45-32-56(4)55-34(45)2)48(35(3)57(50)5)51(62)54-41-13-7-6-8-14-41/h6-16,26-27,29,32-33H,17-25,28,30-31H2,1-5H3,(H,54,62)/t33-/m1/s1. The summed E-state index contributed by atoms with van der Waals surface area (Å²) < 4.78 is 30.5. The number of hydrogen-bond donors (Lipinski definition) is 1. The maximum atomic E-state index is 15.5. The van der Waals surface area contributed by atoms with E-state index < -0.39 is 5.82 Å². The number of para-hydroxylation sites is 1. The molecule has 0 unspecified atom stereocenters. The van der Waals surface area contributed by atoms with Gasteiger partial charge in [0.2, 0.25) is 5.91 Å². The van der Waals surface area contributed by atoms with E-state index in [1.165, 1.54) is 11.6 Å². The molecular formula is C52H56FN7O5. The number of hydrogen-bond acceptors (Lipinski definition) is 7. The van der Waals surface area contributed by atoms with Gasteiger partial charge in [-0.15, -0.1) is 0 Å². The van der Waals surface area contributed by atoms with Gasteiger partial charge in [0.25, 0.3) is 11.8 Å². The maximum Gasteiger partial charge on any atom is 0.258 e. The summed E-state index contributed by atoms with van der Waals surface area (Å²) >= 11 is 0. The highest BCUT2D eigenvalue weighted by molar-refractivity contribution is 6.13. The van der Waals surface area contributed by atoms with Crippen LogP contribution in [0.4, 0.5) is 10.1 Å². The van der Waals surface area contributed by atoms with Gasteiger partial charge in [-0.2, -0.15) is 5.10 Å². The molecular weight excluding hydrogens is 822 g/mol. The molecule has 65 heavy (non-hydrogen) atoms. The fourth-order valence-electron chi connectivity index (χ4n) is 9.67. The first kappa shape index (κ1) is 43.7. The zero-order valence-electron chi connectivity index (χ0n) is 37.8. The normalized spacial score (nSPS) is 16.2. The molecule has 3 aliphatic rings. The van der Waals surface area contributed by atoms with Crippen LogP contribution in [0, 0.1) is 19.7 Å². The predicted octanol–water partition coefficient (Wildman–Crippen LogP) is 7.53. The highest BCUT2D eigenvalue weighted by atomic mass is 19.1. The van der Waals surface area contributed by atoms with Crippen LogP contribution >= 0.6 is 0 Å². The van der Waals surface area contributed by atoms with E-state index in [1.807, 2.05) is 92.1 Å². The van der Waals surface area contributed by atoms with Crippen LogP contribution in [0.2, 0.25) is 0 Å². The Morgan fingerprint density at radius 1 is 0.862 bits per heavy atom. The van der Waals surface area contributed by atoms with Crippen molar-refractivity contribution in [3.63, 3.8) is 0 Å². The van der Waals surface area contributed by atoms with Gasteiger partial charge in [0.05, 0.1) is 36.6 Å². The second-order valence-electron chi connectivity index (χ2n) is 17.6. The van der Waals surface area contributed by atoms with E-state index in [0.29, 0.717) is 78.6 Å². The summed E-state index contributed by atoms with van der Waals surface area (Å²) in [5.41, 5.74) is 10.6. The van der Waals surface area contributed by atoms with Crippen molar-refractivity contribution >= 4 is 23.4 Å². The SMILES string of the molecule is Cc1nn(C)cc1-c1c(C(=O)Nc2ccccc2)c(C)n(C)c1-c1cc2c(cc1C(=O)N1Cc3ccccc3C[C@H]1C)CN(C(=O)Cc1ccc(OCCN3CCOCC3)cc1F)CC2. The molecule has 1 N–H and O–H groups in total. The number of fused-ring (bicyclic) bond motifs is 2. The van der Waals surface area contributed by atoms with Gasteiger partial charge < -0.3 is 29.2 Å². The number of anilines is 1. The summed E-state index contributed by atoms with van der Waals surface area (Å²) in [6.45, 7) is 11.3. The van der Waals surface area contributed by atoms with Gasteiger partial charge in [0, 0.05) is 105 Å². The molecule has 6 aromatic rings. The molecule has 0 radical (unpaired) electrons. The lowest BCUT2D eigenvalue weighted by atomic mass is 9.87. The summed E-state index contributed by atoms with van der Waals surface area (Å²) in [6, 6.07) is 26.3. The summed E-state index contributed by atoms with van der Waals surface area (Å²) in [5, 5.41) is 7.81. The molecule has 0 spiro atoms. The number of amides is 3. The smallest absolute Gasteiger partial charge is 0.258 e. The van der Waals surface area contributed by atoms with Crippen LogP contribution in [-0.4, -0.2) is 98.8 Å². The van der Waals surface area contributed by atoms with Crippen LogP contribution in [0.5, 0.6) is 5.75 Å². The Kier molecular flexibility index (Phi) is 12.4. The van der Waals surface area contributed by atoms with E-state index in [4.69, 9.17) is 14.6 Å². The van der Waals surface area contributed by atoms with Crippen molar-refractivity contribution in [3.8, 4) is 28.1 Å². The Balaban J connectivity index is 1.07. The quantitative estimate of drug-likeness (QED) is 0.143. The van der Waals surface area contributed by atoms with E-state index in [0.717, 1.165) is 65.4 Å². The molecule has 9 rings (SSSR count). The average Bonchev–Trinajstić information content (AvgIpc) is 3.78. The van der Waals surface area contributed by atoms with Crippen LogP contribution in [0.3, 0.4) is 0 Å². The van der Waals surface area contributed by atoms with Crippen molar-refractivity contribution in [1.82, 2.24) is 29.0 Å². The van der Waals surface area contributed by atoms with Gasteiger partial charge in [-0.05, 0) is 91.8 Å². The van der Waals surface area contributed by atoms with Gasteiger partial charge >= 0.3 is 0 Å². The lowest BCUT2D eigenvalue weighted by Gasteiger charge is -2.36. The average molecular weight is 878 g/mol. The van der Waals surface area contributed by atoms with Gasteiger partial charge in [-0.3, -0.25) is 24.0 Å². The number of aromatic nitrogens is 3. The van der Waals surface area contributed by atoms with Gasteiger partial charge in [0.15, 0.2) is 0 Å². The molecule has 12 nitrogen and oxygen atoms in total. The molecule has 3 amide bonds. The second-order valence-corrected chi connectivity index (χ2v) is 17.6. The number of halogens is 1. The van der Waals surface area contributed by atoms with Crippen LogP contribution < -0.4 is 10.1 Å². The van der Waals surface area contributed by atoms with Gasteiger partial charge in [-0.25, -0.2) is 4.39 Å². The number of benzene rings is 4. The Morgan fingerprint density at radius 2 is 1.62 bits per heavy atom. The Hall–Kier alpha value is -6.57. The molecule has 1 atom stereocenters. The first-order chi connectivity index (χ1) is 31.4. The van der Waals surface area contributed by atoms with Crippen molar-refractivity contribution in [2.75, 3.05) is 51.3 Å². The first-order valence-electron chi connectivity index (χ1n) is 22.5. The third-order valence-corrected chi connectivity index (χ3v) is 13.3. The number of morpholine rings is 1. The van der Waals surface area contributed by atoms with E-state index >= 15 is 9.18 Å². The molecule has 336 valence electrons. The third-order valence-electron chi connectivity index (χ3n) is 13.3. The fourth-order valence-corrected chi connectivity index (χ4v) is 9.67. The zero-order chi connectivity index (χ0) is 45.4. The molecule has 3 aliphatic heterocycles. The van der Waals surface area contributed by atoms with Gasteiger partial charge in [0.1, 0.15) is 18.2 Å². The van der Waals surface area contributed by atoms with E-state index in [2.05, 4.69) is 35.3 Å². The summed E-state index contributed by atoms with van der Waals surface area (Å²) in [4.78, 5) is 49.7. The minimum Gasteiger partial charge on any atom is -0.492 e. The van der Waals surface area contributed by atoms with Gasteiger partial charge in [-0.1, -0.05) is 48.5 Å². The lowest BCUT2D eigenvalue weighted by Crippen LogP contribution is -2.43. The molecule has 4 aromatic carbocycles. The Morgan fingerprint density at radius 3 is 2.35 bits per heavy atom. The highest BCUT2D eigenvalue weighted by Crippen LogP contribution is 2.43. The maximum absolute atomic E-state index is 15.5. The minimum absolute atomic E-state index is 0.0850. The molecule has 0 bridgehead atoms. The number of rotatable bonds is 11. The number of aryl methyl sites for hydroxylation is 2. The molecule has 1 fully saturated rings. The lowest BCUT2D eigenvalue weighted by molar-refractivity contribution is -0.131. The minimum atomic E-state index is -0.483. The third kappa shape index (κ3) is 8.95. The first-order valence-corrected chi connectivity index (χ1v) is 22.5. The van der Waals surface area contributed by atoms with E-state index in [1.54, 1.807) is 21.7 Å². The second kappa shape index (κ2) is 18.5. The zero-order valence-corrected chi connectivity index (χ0v) is 37.8. The number of nitrogens with one attached hydrogen (secondary N) is 1. The van der Waals surface area contributed by atoms with Crippen molar-refractivity contribution in [2.45, 2.75) is 59.2 Å². The van der Waals surface area contributed by atoms with E-state index in [9.17, 15) is 9.59 Å². The molecule has 2 aromatic heterocycles. The molecule has 13 heteroatoms. The summed E-state index contributed by atoms with van der Waals surface area (Å²) in [7, 11) is 3.80. The van der Waals surface area contributed by atoms with Crippen molar-refractivity contribution < 1.29 is 28.2 Å². The number of ether oxygens (including phenoxy) is 2. The summed E-state index contributed by atoms with van der Waals surface area (Å²) in [6.07, 6.45) is 3.07. The van der Waals surface area contributed by atoms with Crippen molar-refractivity contribution in [3.05, 3.63) is 147 Å². The highest BCUT2D eigenvalue weighted by Gasteiger charge is 2.35. The van der Waals surface area contributed by atoms with Crippen LogP contribution in [-0.2, 0) is 56.0 Å². The summed E-state index contributed by atoms with van der Waals surface area (Å²) in [5.74, 6) is -0.653. The largest absolute Gasteiger partial charge is 0.492 e. The van der Waals surface area contributed by atoms with Crippen LogP contribution in [0.1, 0.15) is 66.8 Å². The monoisotopic (exact) mass is 877 g/mol. The topological polar surface area (TPSA) is 114 Å². The number of nitrogens with zero attached hydrogens (tertiary/aromatic N) is 6. The number of carbonyl (C=O) groups is 3. The number of carbonyl (C=O) groups excluding carboxylic acids is 3. The van der Waals surface area contributed by atoms with Crippen molar-refractivity contribution in [2.24, 2.45) is 14.1 Å². The predicted molar refractivity (Wildman–Crippen MR) is 248 cm³/mol. The molecule has 5 heterocycles. The Bertz CT molecular complexity index is 2770. The Labute approximate surface area is 379 Å². The molecule has 0 saturated carbocycles. The molecule has 0 aliphatic carbocycles. The van der Waals surface area contributed by atoms with E-state index in [-0.39, 0.29) is 36.7 Å². The fraction of sp³-hybridized carbons (Fsp3) is 0.346. The van der Waals surface area contributed by atoms with Crippen LogP contribution in [0.15, 0.2) is 91.1 Å².